The smallest absolute Gasteiger partial charge is 0.0657 e. The number of hydrogen-bond acceptors (Lipinski definition) is 1. The van der Waals surface area contributed by atoms with Crippen molar-refractivity contribution in [1.29, 1.82) is 0 Å². The van der Waals surface area contributed by atoms with Gasteiger partial charge in [0.25, 0.3) is 0 Å². The van der Waals surface area contributed by atoms with Crippen molar-refractivity contribution in [2.45, 2.75) is 0 Å². The lowest BCUT2D eigenvalue weighted by molar-refractivity contribution is 1.12. The number of hydrogen-bond donors (Lipinski definition) is 2. The van der Waals surface area contributed by atoms with Crippen LogP contribution in [0.3, 0.4) is 0 Å². The molecular formula is C15H11N3. The highest BCUT2D eigenvalue weighted by Crippen LogP contribution is 2.26. The first-order valence-corrected chi connectivity index (χ1v) is 5.91. The Labute approximate surface area is 103 Å². The van der Waals surface area contributed by atoms with Gasteiger partial charge in [0, 0.05) is 27.5 Å². The maximum absolute atomic E-state index is 4.04. The molecule has 2 aromatic carbocycles. The van der Waals surface area contributed by atoms with Crippen molar-refractivity contribution in [3.63, 3.8) is 0 Å². The van der Waals surface area contributed by atoms with Gasteiger partial charge in [0.2, 0.25) is 0 Å². The Hall–Kier alpha value is -2.55. The van der Waals surface area contributed by atoms with Gasteiger partial charge in [-0.05, 0) is 18.2 Å². The van der Waals surface area contributed by atoms with E-state index in [2.05, 4.69) is 57.6 Å². The molecule has 0 unspecified atom stereocenters. The molecule has 0 aliphatic heterocycles. The van der Waals surface area contributed by atoms with Crippen molar-refractivity contribution in [3.05, 3.63) is 54.7 Å². The summed E-state index contributed by atoms with van der Waals surface area (Å²) in [5.74, 6) is 0. The van der Waals surface area contributed by atoms with Gasteiger partial charge in [-0.1, -0.05) is 30.3 Å². The molecule has 0 radical (unpaired) electrons. The van der Waals surface area contributed by atoms with E-state index < -0.39 is 0 Å². The van der Waals surface area contributed by atoms with Crippen LogP contribution in [0.5, 0.6) is 0 Å². The van der Waals surface area contributed by atoms with E-state index in [0.29, 0.717) is 0 Å². The molecule has 0 fully saturated rings. The van der Waals surface area contributed by atoms with Crippen LogP contribution in [0.4, 0.5) is 0 Å². The molecule has 0 saturated carbocycles. The number of aromatic amines is 2. The van der Waals surface area contributed by atoms with E-state index in [4.69, 9.17) is 0 Å². The van der Waals surface area contributed by atoms with E-state index >= 15 is 0 Å². The zero-order chi connectivity index (χ0) is 11.9. The Morgan fingerprint density at radius 2 is 1.78 bits per heavy atom. The predicted molar refractivity (Wildman–Crippen MR) is 73.4 cm³/mol. The molecular weight excluding hydrogens is 222 g/mol. The summed E-state index contributed by atoms with van der Waals surface area (Å²) >= 11 is 0. The van der Waals surface area contributed by atoms with E-state index in [1.54, 1.807) is 0 Å². The van der Waals surface area contributed by atoms with Gasteiger partial charge in [0.15, 0.2) is 0 Å². The molecule has 0 bridgehead atoms. The van der Waals surface area contributed by atoms with E-state index in [1.807, 2.05) is 12.3 Å². The molecule has 0 amide bonds. The van der Waals surface area contributed by atoms with Gasteiger partial charge in [-0.3, -0.25) is 5.10 Å². The van der Waals surface area contributed by atoms with Crippen molar-refractivity contribution >= 4 is 21.8 Å². The zero-order valence-corrected chi connectivity index (χ0v) is 9.64. The second-order valence-electron chi connectivity index (χ2n) is 4.44. The SMILES string of the molecule is c1ccc2[nH]c(-c3ccc4cn[nH]c4c3)cc2c1. The molecule has 18 heavy (non-hydrogen) atoms. The number of aromatic nitrogens is 3. The third-order valence-corrected chi connectivity index (χ3v) is 3.28. The van der Waals surface area contributed by atoms with Crippen LogP contribution in [-0.4, -0.2) is 15.2 Å². The standard InChI is InChI=1S/C15H11N3/c1-2-4-13-10(3-1)7-14(17-13)11-5-6-12-9-16-18-15(12)8-11/h1-9,17H,(H,16,18). The largest absolute Gasteiger partial charge is 0.355 e. The van der Waals surface area contributed by atoms with Crippen LogP contribution >= 0.6 is 0 Å². The van der Waals surface area contributed by atoms with Crippen molar-refractivity contribution < 1.29 is 0 Å². The van der Waals surface area contributed by atoms with Gasteiger partial charge in [0.1, 0.15) is 0 Å². The maximum atomic E-state index is 4.04. The maximum Gasteiger partial charge on any atom is 0.0657 e. The monoisotopic (exact) mass is 233 g/mol. The summed E-state index contributed by atoms with van der Waals surface area (Å²) in [6.45, 7) is 0. The van der Waals surface area contributed by atoms with Crippen LogP contribution < -0.4 is 0 Å². The first-order valence-electron chi connectivity index (χ1n) is 5.91. The number of nitrogens with one attached hydrogen (secondary N) is 2. The fourth-order valence-corrected chi connectivity index (χ4v) is 2.33. The number of para-hydroxylation sites is 1. The van der Waals surface area contributed by atoms with Gasteiger partial charge in [-0.25, -0.2) is 0 Å². The molecule has 4 aromatic rings. The highest BCUT2D eigenvalue weighted by molar-refractivity contribution is 5.88. The molecule has 2 N–H and O–H groups in total. The number of rotatable bonds is 1. The summed E-state index contributed by atoms with van der Waals surface area (Å²) in [6, 6.07) is 16.8. The molecule has 0 atom stereocenters. The molecule has 2 aromatic heterocycles. The van der Waals surface area contributed by atoms with E-state index in [9.17, 15) is 0 Å². The summed E-state index contributed by atoms with van der Waals surface area (Å²) in [6.07, 6.45) is 1.84. The minimum atomic E-state index is 1.06. The van der Waals surface area contributed by atoms with Crippen LogP contribution in [0.1, 0.15) is 0 Å². The highest BCUT2D eigenvalue weighted by Gasteiger charge is 2.04. The van der Waals surface area contributed by atoms with Gasteiger partial charge in [-0.2, -0.15) is 5.10 Å². The summed E-state index contributed by atoms with van der Waals surface area (Å²) in [7, 11) is 0. The fourth-order valence-electron chi connectivity index (χ4n) is 2.33. The van der Waals surface area contributed by atoms with Crippen LogP contribution in [0.15, 0.2) is 54.7 Å². The highest BCUT2D eigenvalue weighted by atomic mass is 15.1. The Bertz CT molecular complexity index is 806. The number of benzene rings is 2. The third-order valence-electron chi connectivity index (χ3n) is 3.28. The number of nitrogens with zero attached hydrogens (tertiary/aromatic N) is 1. The Kier molecular flexibility index (Phi) is 1.83. The van der Waals surface area contributed by atoms with Crippen LogP contribution in [0.25, 0.3) is 33.1 Å². The zero-order valence-electron chi connectivity index (χ0n) is 9.64. The second-order valence-corrected chi connectivity index (χ2v) is 4.44. The topological polar surface area (TPSA) is 44.5 Å². The Morgan fingerprint density at radius 1 is 0.833 bits per heavy atom. The fraction of sp³-hybridized carbons (Fsp3) is 0. The Balaban J connectivity index is 1.94. The lowest BCUT2D eigenvalue weighted by Gasteiger charge is -1.97. The first kappa shape index (κ1) is 9.48. The van der Waals surface area contributed by atoms with Crippen molar-refractivity contribution in [2.75, 3.05) is 0 Å². The normalized spacial score (nSPS) is 11.3. The van der Waals surface area contributed by atoms with Gasteiger partial charge in [0.05, 0.1) is 11.7 Å². The van der Waals surface area contributed by atoms with Crippen LogP contribution in [-0.2, 0) is 0 Å². The van der Waals surface area contributed by atoms with E-state index in [-0.39, 0.29) is 0 Å². The quantitative estimate of drug-likeness (QED) is 0.517. The molecule has 0 aliphatic rings. The Morgan fingerprint density at radius 3 is 2.72 bits per heavy atom. The van der Waals surface area contributed by atoms with Crippen molar-refractivity contribution in [1.82, 2.24) is 15.2 Å². The average Bonchev–Trinajstić information content (AvgIpc) is 3.04. The molecule has 2 heterocycles. The lowest BCUT2D eigenvalue weighted by atomic mass is 10.1. The molecule has 3 heteroatoms. The molecule has 0 spiro atoms. The molecule has 86 valence electrons. The number of fused-ring (bicyclic) bond motifs is 2. The van der Waals surface area contributed by atoms with Crippen molar-refractivity contribution in [3.8, 4) is 11.3 Å². The summed E-state index contributed by atoms with van der Waals surface area (Å²) in [4.78, 5) is 3.43. The third kappa shape index (κ3) is 1.34. The van der Waals surface area contributed by atoms with Crippen LogP contribution in [0, 0.1) is 0 Å². The summed E-state index contributed by atoms with van der Waals surface area (Å²) in [5.41, 5.74) is 4.53. The van der Waals surface area contributed by atoms with Gasteiger partial charge < -0.3 is 4.98 Å². The van der Waals surface area contributed by atoms with Gasteiger partial charge >= 0.3 is 0 Å². The second kappa shape index (κ2) is 3.47. The van der Waals surface area contributed by atoms with E-state index in [1.165, 1.54) is 10.9 Å². The van der Waals surface area contributed by atoms with E-state index in [0.717, 1.165) is 22.1 Å². The predicted octanol–water partition coefficient (Wildman–Crippen LogP) is 3.71. The van der Waals surface area contributed by atoms with Crippen LogP contribution in [0.2, 0.25) is 0 Å². The lowest BCUT2D eigenvalue weighted by Crippen LogP contribution is -1.77. The molecule has 3 nitrogen and oxygen atoms in total. The molecule has 0 saturated heterocycles. The molecule has 0 aliphatic carbocycles. The minimum Gasteiger partial charge on any atom is -0.355 e. The first-order chi connectivity index (χ1) is 8.90. The summed E-state index contributed by atoms with van der Waals surface area (Å²) in [5, 5.41) is 9.41. The average molecular weight is 233 g/mol. The van der Waals surface area contributed by atoms with Gasteiger partial charge in [-0.15, -0.1) is 0 Å². The summed E-state index contributed by atoms with van der Waals surface area (Å²) < 4.78 is 0. The number of H-pyrrole nitrogens is 2. The minimum absolute atomic E-state index is 1.06. The van der Waals surface area contributed by atoms with Crippen molar-refractivity contribution in [2.24, 2.45) is 0 Å². The molecule has 4 rings (SSSR count).